The third-order valence-electron chi connectivity index (χ3n) is 4.24. The summed E-state index contributed by atoms with van der Waals surface area (Å²) >= 11 is 12.8. The summed E-state index contributed by atoms with van der Waals surface area (Å²) in [6.45, 7) is 1.53. The van der Waals surface area contributed by atoms with Gasteiger partial charge in [0.05, 0.1) is 11.2 Å². The van der Waals surface area contributed by atoms with E-state index in [0.717, 1.165) is 16.7 Å². The lowest BCUT2D eigenvalue weighted by molar-refractivity contribution is -0.124. The van der Waals surface area contributed by atoms with Crippen molar-refractivity contribution in [2.24, 2.45) is 0 Å². The zero-order valence-corrected chi connectivity index (χ0v) is 18.5. The van der Waals surface area contributed by atoms with Gasteiger partial charge in [-0.25, -0.2) is 0 Å². The summed E-state index contributed by atoms with van der Waals surface area (Å²) in [7, 11) is 0. The van der Waals surface area contributed by atoms with Crippen molar-refractivity contribution in [2.75, 3.05) is 13.1 Å². The Bertz CT molecular complexity index is 1060. The predicted molar refractivity (Wildman–Crippen MR) is 118 cm³/mol. The highest BCUT2D eigenvalue weighted by Gasteiger charge is 2.35. The Hall–Kier alpha value is -2.75. The highest BCUT2D eigenvalue weighted by molar-refractivity contribution is 8.18. The molecule has 1 saturated heterocycles. The molecule has 31 heavy (non-hydrogen) atoms. The monoisotopic (exact) mass is 481 g/mol. The molecular formula is C20H17Cl2N3O5S. The standard InChI is InChI=1S/C20H17Cl2N3O5S/c1-11(24-18(27)15-3-2-8-30-15)17(26)23-6-7-25-19(28)16(31-20(25)29)9-12-4-5-13(21)10-14(12)22/h2-5,8-11H,6-7H2,1H3,(H,23,26)(H,24,27)/b16-9-/t11-/m0/s1. The van der Waals surface area contributed by atoms with Gasteiger partial charge in [-0.3, -0.25) is 24.1 Å². The molecule has 4 amide bonds. The Morgan fingerprint density at radius 1 is 1.26 bits per heavy atom. The minimum atomic E-state index is -0.834. The van der Waals surface area contributed by atoms with Crippen LogP contribution in [0.5, 0.6) is 0 Å². The predicted octanol–water partition coefficient (Wildman–Crippen LogP) is 3.56. The fraction of sp³-hybridized carbons (Fsp3) is 0.200. The molecule has 0 saturated carbocycles. The van der Waals surface area contributed by atoms with Gasteiger partial charge in [-0.05, 0) is 54.6 Å². The molecule has 11 heteroatoms. The Morgan fingerprint density at radius 2 is 2.03 bits per heavy atom. The van der Waals surface area contributed by atoms with Gasteiger partial charge in [0.25, 0.3) is 17.1 Å². The molecule has 0 radical (unpaired) electrons. The van der Waals surface area contributed by atoms with Crippen molar-refractivity contribution in [2.45, 2.75) is 13.0 Å². The summed E-state index contributed by atoms with van der Waals surface area (Å²) in [5.41, 5.74) is 0.561. The normalized spacial score (nSPS) is 16.0. The molecule has 0 bridgehead atoms. The molecule has 1 aliphatic heterocycles. The van der Waals surface area contributed by atoms with Crippen molar-refractivity contribution in [1.82, 2.24) is 15.5 Å². The molecule has 1 aliphatic rings. The fourth-order valence-corrected chi connectivity index (χ4v) is 3.96. The minimum absolute atomic E-state index is 0.0129. The van der Waals surface area contributed by atoms with Crippen molar-refractivity contribution in [1.29, 1.82) is 0 Å². The van der Waals surface area contributed by atoms with Gasteiger partial charge in [-0.1, -0.05) is 29.3 Å². The Morgan fingerprint density at radius 3 is 2.71 bits per heavy atom. The molecule has 0 aliphatic carbocycles. The molecule has 0 unspecified atom stereocenters. The third-order valence-corrected chi connectivity index (χ3v) is 5.71. The van der Waals surface area contributed by atoms with Crippen LogP contribution in [0, 0.1) is 0 Å². The van der Waals surface area contributed by atoms with Gasteiger partial charge in [0.2, 0.25) is 5.91 Å². The number of amides is 4. The maximum Gasteiger partial charge on any atom is 0.293 e. The lowest BCUT2D eigenvalue weighted by atomic mass is 10.2. The lowest BCUT2D eigenvalue weighted by Gasteiger charge is -2.16. The SMILES string of the molecule is C[C@H](NC(=O)c1ccco1)C(=O)NCCN1C(=O)S/C(=C\c2ccc(Cl)cc2Cl)C1=O. The first-order valence-electron chi connectivity index (χ1n) is 9.08. The highest BCUT2D eigenvalue weighted by atomic mass is 35.5. The van der Waals surface area contributed by atoms with E-state index in [1.165, 1.54) is 25.3 Å². The quantitative estimate of drug-likeness (QED) is 0.585. The van der Waals surface area contributed by atoms with Gasteiger partial charge < -0.3 is 15.1 Å². The minimum Gasteiger partial charge on any atom is -0.459 e. The zero-order chi connectivity index (χ0) is 22.5. The van der Waals surface area contributed by atoms with Gasteiger partial charge in [0.15, 0.2) is 5.76 Å². The van der Waals surface area contributed by atoms with Crippen LogP contribution in [0.15, 0.2) is 45.9 Å². The van der Waals surface area contributed by atoms with Crippen LogP contribution in [-0.4, -0.2) is 47.0 Å². The van der Waals surface area contributed by atoms with Crippen molar-refractivity contribution >= 4 is 64.0 Å². The van der Waals surface area contributed by atoms with Crippen LogP contribution in [0.4, 0.5) is 4.79 Å². The molecule has 162 valence electrons. The van der Waals surface area contributed by atoms with E-state index in [-0.39, 0.29) is 23.8 Å². The Labute approximate surface area is 191 Å². The molecular weight excluding hydrogens is 465 g/mol. The molecule has 3 rings (SSSR count). The first-order valence-corrected chi connectivity index (χ1v) is 10.7. The van der Waals surface area contributed by atoms with Crippen LogP contribution < -0.4 is 10.6 Å². The first kappa shape index (κ1) is 22.9. The second kappa shape index (κ2) is 10.0. The van der Waals surface area contributed by atoms with Crippen molar-refractivity contribution in [3.05, 3.63) is 62.9 Å². The van der Waals surface area contributed by atoms with Gasteiger partial charge in [0.1, 0.15) is 6.04 Å². The summed E-state index contributed by atoms with van der Waals surface area (Å²) in [6.07, 6.45) is 2.87. The number of carbonyl (C=O) groups is 4. The maximum atomic E-state index is 12.6. The molecule has 1 fully saturated rings. The van der Waals surface area contributed by atoms with Gasteiger partial charge in [-0.2, -0.15) is 0 Å². The summed E-state index contributed by atoms with van der Waals surface area (Å²) < 4.78 is 4.97. The summed E-state index contributed by atoms with van der Waals surface area (Å²) in [5.74, 6) is -1.38. The average Bonchev–Trinajstić information content (AvgIpc) is 3.34. The fourth-order valence-electron chi connectivity index (χ4n) is 2.64. The van der Waals surface area contributed by atoms with Crippen LogP contribution >= 0.6 is 35.0 Å². The van der Waals surface area contributed by atoms with E-state index in [9.17, 15) is 19.2 Å². The van der Waals surface area contributed by atoms with E-state index >= 15 is 0 Å². The Balaban J connectivity index is 1.52. The number of imide groups is 1. The van der Waals surface area contributed by atoms with E-state index in [4.69, 9.17) is 27.6 Å². The highest BCUT2D eigenvalue weighted by Crippen LogP contribution is 2.33. The van der Waals surface area contributed by atoms with Gasteiger partial charge in [0, 0.05) is 23.1 Å². The van der Waals surface area contributed by atoms with Gasteiger partial charge >= 0.3 is 0 Å². The number of thioether (sulfide) groups is 1. The smallest absolute Gasteiger partial charge is 0.293 e. The van der Waals surface area contributed by atoms with Gasteiger partial charge in [-0.15, -0.1) is 0 Å². The number of carbonyl (C=O) groups excluding carboxylic acids is 4. The van der Waals surface area contributed by atoms with E-state index < -0.39 is 29.0 Å². The maximum absolute atomic E-state index is 12.6. The van der Waals surface area contributed by atoms with Crippen LogP contribution in [-0.2, 0) is 9.59 Å². The summed E-state index contributed by atoms with van der Waals surface area (Å²) in [4.78, 5) is 50.1. The Kier molecular flexibility index (Phi) is 7.42. The van der Waals surface area contributed by atoms with Crippen LogP contribution in [0.2, 0.25) is 10.0 Å². The second-order valence-electron chi connectivity index (χ2n) is 6.46. The molecule has 1 atom stereocenters. The second-order valence-corrected chi connectivity index (χ2v) is 8.30. The molecule has 2 N–H and O–H groups in total. The topological polar surface area (TPSA) is 109 Å². The van der Waals surface area contributed by atoms with Crippen molar-refractivity contribution < 1.29 is 23.6 Å². The first-order chi connectivity index (χ1) is 14.8. The number of benzene rings is 1. The molecule has 8 nitrogen and oxygen atoms in total. The number of nitrogens with zero attached hydrogens (tertiary/aromatic N) is 1. The average molecular weight is 482 g/mol. The number of halogens is 2. The summed E-state index contributed by atoms with van der Waals surface area (Å²) in [5, 5.41) is 5.45. The molecule has 1 aromatic carbocycles. The molecule has 1 aromatic heterocycles. The van der Waals surface area contributed by atoms with E-state index in [2.05, 4.69) is 10.6 Å². The van der Waals surface area contributed by atoms with Crippen LogP contribution in [0.3, 0.4) is 0 Å². The van der Waals surface area contributed by atoms with Crippen molar-refractivity contribution in [3.8, 4) is 0 Å². The molecule has 2 aromatic rings. The van der Waals surface area contributed by atoms with Crippen LogP contribution in [0.25, 0.3) is 6.08 Å². The number of rotatable bonds is 7. The zero-order valence-electron chi connectivity index (χ0n) is 16.2. The molecule has 0 spiro atoms. The third kappa shape index (κ3) is 5.69. The van der Waals surface area contributed by atoms with E-state index in [1.54, 1.807) is 24.3 Å². The molecule has 2 heterocycles. The van der Waals surface area contributed by atoms with E-state index in [1.807, 2.05) is 0 Å². The number of hydrogen-bond donors (Lipinski definition) is 2. The van der Waals surface area contributed by atoms with Crippen molar-refractivity contribution in [3.63, 3.8) is 0 Å². The number of furan rings is 1. The lowest BCUT2D eigenvalue weighted by Crippen LogP contribution is -2.46. The number of hydrogen-bond acceptors (Lipinski definition) is 6. The van der Waals surface area contributed by atoms with Crippen LogP contribution in [0.1, 0.15) is 23.0 Å². The van der Waals surface area contributed by atoms with E-state index in [0.29, 0.717) is 15.6 Å². The largest absolute Gasteiger partial charge is 0.459 e. The number of nitrogens with one attached hydrogen (secondary N) is 2. The summed E-state index contributed by atoms with van der Waals surface area (Å²) in [6, 6.07) is 7.03.